The van der Waals surface area contributed by atoms with Gasteiger partial charge >= 0.3 is 12.1 Å². The summed E-state index contributed by atoms with van der Waals surface area (Å²) in [6.07, 6.45) is 1.02. The molecule has 1 aromatic carbocycles. The number of carbonyl (C=O) groups is 1. The van der Waals surface area contributed by atoms with E-state index in [1.165, 1.54) is 50.9 Å². The molecule has 0 N–H and O–H groups in total. The van der Waals surface area contributed by atoms with Crippen LogP contribution in [0.3, 0.4) is 0 Å². The second-order valence-corrected chi connectivity index (χ2v) is 5.00. The molecule has 0 radical (unpaired) electrons. The van der Waals surface area contributed by atoms with Gasteiger partial charge in [-0.25, -0.2) is 4.79 Å². The minimum atomic E-state index is -4.51. The first kappa shape index (κ1) is 19.9. The smallest absolute Gasteiger partial charge is 0.416 e. The molecule has 1 heterocycles. The third-order valence-electron chi connectivity index (χ3n) is 3.28. The number of alkyl halides is 3. The summed E-state index contributed by atoms with van der Waals surface area (Å²) >= 11 is 0. The van der Waals surface area contributed by atoms with E-state index in [4.69, 9.17) is 4.74 Å². The highest BCUT2D eigenvalue weighted by atomic mass is 19.4. The SMILES string of the molecule is COC(=O)/C=C/c1cnccc1N=C=Nc1cc(C(F)(F)F)ccc1OC. The number of esters is 1. The summed E-state index contributed by atoms with van der Waals surface area (Å²) in [6, 6.07) is 6.77. The van der Waals surface area contributed by atoms with Crippen molar-refractivity contribution in [3.8, 4) is 5.75 Å². The summed E-state index contributed by atoms with van der Waals surface area (Å²) in [5.74, 6) is -0.414. The van der Waals surface area contributed by atoms with E-state index in [-0.39, 0.29) is 11.4 Å². The summed E-state index contributed by atoms with van der Waals surface area (Å²) in [7, 11) is 2.56. The second kappa shape index (κ2) is 8.77. The van der Waals surface area contributed by atoms with Crippen LogP contribution in [0.1, 0.15) is 11.1 Å². The molecule has 0 unspecified atom stereocenters. The Balaban J connectivity index is 2.37. The predicted octanol–water partition coefficient (Wildman–Crippen LogP) is 4.43. The molecule has 27 heavy (non-hydrogen) atoms. The highest BCUT2D eigenvalue weighted by molar-refractivity contribution is 5.88. The molecule has 0 aliphatic heterocycles. The van der Waals surface area contributed by atoms with Crippen molar-refractivity contribution in [2.75, 3.05) is 14.2 Å². The molecule has 0 saturated carbocycles. The van der Waals surface area contributed by atoms with Crippen molar-refractivity contribution >= 4 is 29.4 Å². The normalized spacial score (nSPS) is 11.0. The first-order valence-corrected chi connectivity index (χ1v) is 7.47. The van der Waals surface area contributed by atoms with Crippen molar-refractivity contribution in [2.24, 2.45) is 9.98 Å². The molecule has 140 valence electrons. The van der Waals surface area contributed by atoms with Gasteiger partial charge in [-0.1, -0.05) is 0 Å². The van der Waals surface area contributed by atoms with Crippen LogP contribution in [0, 0.1) is 0 Å². The Hall–Kier alpha value is -3.45. The van der Waals surface area contributed by atoms with Crippen molar-refractivity contribution in [1.29, 1.82) is 0 Å². The molecule has 1 aromatic heterocycles. The summed E-state index contributed by atoms with van der Waals surface area (Å²) in [4.78, 5) is 22.9. The molecule has 0 amide bonds. The number of pyridine rings is 1. The number of ether oxygens (including phenoxy) is 2. The fourth-order valence-corrected chi connectivity index (χ4v) is 1.94. The van der Waals surface area contributed by atoms with Crippen molar-refractivity contribution in [3.63, 3.8) is 0 Å². The molecule has 2 aromatic rings. The van der Waals surface area contributed by atoms with Crippen molar-refractivity contribution in [2.45, 2.75) is 6.18 Å². The third-order valence-corrected chi connectivity index (χ3v) is 3.28. The van der Waals surface area contributed by atoms with Gasteiger partial charge in [-0.15, -0.1) is 0 Å². The molecule has 0 aliphatic rings. The Morgan fingerprint density at radius 1 is 1.19 bits per heavy atom. The zero-order valence-corrected chi connectivity index (χ0v) is 14.3. The quantitative estimate of drug-likeness (QED) is 0.439. The molecule has 2 rings (SSSR count). The maximum absolute atomic E-state index is 12.8. The number of benzene rings is 1. The van der Waals surface area contributed by atoms with Gasteiger partial charge < -0.3 is 9.47 Å². The molecule has 9 heteroatoms. The Morgan fingerprint density at radius 2 is 1.93 bits per heavy atom. The minimum Gasteiger partial charge on any atom is -0.494 e. The van der Waals surface area contributed by atoms with E-state index in [2.05, 4.69) is 25.7 Å². The Bertz CT molecular complexity index is 918. The van der Waals surface area contributed by atoms with E-state index in [0.29, 0.717) is 11.3 Å². The fourth-order valence-electron chi connectivity index (χ4n) is 1.94. The molecule has 6 nitrogen and oxygen atoms in total. The van der Waals surface area contributed by atoms with Gasteiger partial charge in [-0.3, -0.25) is 4.98 Å². The molecule has 0 aliphatic carbocycles. The molecular weight excluding hydrogens is 363 g/mol. The molecule has 0 spiro atoms. The number of hydrogen-bond acceptors (Lipinski definition) is 6. The lowest BCUT2D eigenvalue weighted by molar-refractivity contribution is -0.137. The summed E-state index contributed by atoms with van der Waals surface area (Å²) < 4.78 is 48.0. The standard InChI is InChI=1S/C18H14F3N3O3/c1-26-16-5-4-13(18(19,20)21)9-15(16)24-11-23-14-7-8-22-10-12(14)3-6-17(25)27-2/h3-10H,1-2H3/b6-3+. The van der Waals surface area contributed by atoms with Crippen LogP contribution in [0.25, 0.3) is 6.08 Å². The first-order valence-electron chi connectivity index (χ1n) is 7.47. The van der Waals surface area contributed by atoms with Gasteiger partial charge in [0, 0.05) is 24.0 Å². The van der Waals surface area contributed by atoms with Crippen molar-refractivity contribution in [1.82, 2.24) is 4.98 Å². The van der Waals surface area contributed by atoms with Crippen LogP contribution in [-0.2, 0) is 15.7 Å². The maximum Gasteiger partial charge on any atom is 0.416 e. The van der Waals surface area contributed by atoms with Crippen molar-refractivity contribution < 1.29 is 27.4 Å². The molecule has 0 fully saturated rings. The third kappa shape index (κ3) is 5.52. The van der Waals surface area contributed by atoms with Gasteiger partial charge in [0.05, 0.1) is 25.5 Å². The second-order valence-electron chi connectivity index (χ2n) is 5.00. The summed E-state index contributed by atoms with van der Waals surface area (Å²) in [5.41, 5.74) is -0.104. The zero-order chi connectivity index (χ0) is 19.9. The van der Waals surface area contributed by atoms with E-state index < -0.39 is 17.7 Å². The molecule has 0 saturated heterocycles. The molecule has 0 bridgehead atoms. The van der Waals surface area contributed by atoms with Gasteiger partial charge in [0.2, 0.25) is 0 Å². The van der Waals surface area contributed by atoms with Crippen LogP contribution in [0.15, 0.2) is 52.7 Å². The van der Waals surface area contributed by atoms with Crippen LogP contribution in [0.4, 0.5) is 24.5 Å². The Labute approximate surface area is 152 Å². The van der Waals surface area contributed by atoms with Gasteiger partial charge in [-0.2, -0.15) is 23.2 Å². The largest absolute Gasteiger partial charge is 0.494 e. The predicted molar refractivity (Wildman–Crippen MR) is 92.5 cm³/mol. The lowest BCUT2D eigenvalue weighted by Gasteiger charge is -2.09. The Morgan fingerprint density at radius 3 is 2.59 bits per heavy atom. The van der Waals surface area contributed by atoms with Gasteiger partial charge in [0.15, 0.2) is 0 Å². The van der Waals surface area contributed by atoms with Crippen LogP contribution in [0.5, 0.6) is 5.75 Å². The number of hydrogen-bond donors (Lipinski definition) is 0. The van der Waals surface area contributed by atoms with E-state index in [9.17, 15) is 18.0 Å². The number of carbonyl (C=O) groups excluding carboxylic acids is 1. The van der Waals surface area contributed by atoms with E-state index in [0.717, 1.165) is 12.1 Å². The van der Waals surface area contributed by atoms with Gasteiger partial charge in [0.25, 0.3) is 0 Å². The number of aliphatic imine (C=N–C) groups is 2. The van der Waals surface area contributed by atoms with Crippen LogP contribution in [0.2, 0.25) is 0 Å². The van der Waals surface area contributed by atoms with E-state index in [1.807, 2.05) is 0 Å². The number of methoxy groups -OCH3 is 2. The minimum absolute atomic E-state index is 0.0724. The maximum atomic E-state index is 12.8. The van der Waals surface area contributed by atoms with E-state index in [1.54, 1.807) is 0 Å². The lowest BCUT2D eigenvalue weighted by Crippen LogP contribution is -2.04. The number of rotatable bonds is 5. The zero-order valence-electron chi connectivity index (χ0n) is 14.3. The Kier molecular flexibility index (Phi) is 6.46. The van der Waals surface area contributed by atoms with Crippen LogP contribution >= 0.6 is 0 Å². The molecular formula is C18H14F3N3O3. The monoisotopic (exact) mass is 377 g/mol. The fraction of sp³-hybridized carbons (Fsp3) is 0.167. The topological polar surface area (TPSA) is 73.1 Å². The van der Waals surface area contributed by atoms with Gasteiger partial charge in [-0.05, 0) is 30.3 Å². The summed E-state index contributed by atoms with van der Waals surface area (Å²) in [6.45, 7) is 0. The highest BCUT2D eigenvalue weighted by Gasteiger charge is 2.31. The first-order chi connectivity index (χ1) is 12.8. The highest BCUT2D eigenvalue weighted by Crippen LogP contribution is 2.36. The lowest BCUT2D eigenvalue weighted by atomic mass is 10.2. The van der Waals surface area contributed by atoms with Crippen molar-refractivity contribution in [3.05, 3.63) is 53.9 Å². The van der Waals surface area contributed by atoms with Crippen LogP contribution < -0.4 is 4.74 Å². The number of nitrogens with zero attached hydrogens (tertiary/aromatic N) is 3. The average molecular weight is 377 g/mol. The molecule has 0 atom stereocenters. The number of halogens is 3. The van der Waals surface area contributed by atoms with Crippen LogP contribution in [-0.4, -0.2) is 31.2 Å². The summed E-state index contributed by atoms with van der Waals surface area (Å²) in [5, 5.41) is 0. The average Bonchev–Trinajstić information content (AvgIpc) is 2.66. The van der Waals surface area contributed by atoms with E-state index >= 15 is 0 Å². The number of aromatic nitrogens is 1. The van der Waals surface area contributed by atoms with Gasteiger partial charge in [0.1, 0.15) is 17.4 Å².